The minimum atomic E-state index is -0.744. The van der Waals surface area contributed by atoms with Crippen LogP contribution in [0.4, 0.5) is 0 Å². The van der Waals surface area contributed by atoms with E-state index in [4.69, 9.17) is 0 Å². The second kappa shape index (κ2) is 5.93. The zero-order valence-corrected chi connectivity index (χ0v) is 12.6. The Morgan fingerprint density at radius 1 is 1.00 bits per heavy atom. The van der Waals surface area contributed by atoms with Gasteiger partial charge in [-0.25, -0.2) is 0 Å². The van der Waals surface area contributed by atoms with Gasteiger partial charge in [0.2, 0.25) is 0 Å². The Morgan fingerprint density at radius 2 is 1.57 bits per heavy atom. The molecule has 0 aromatic heterocycles. The number of Topliss-reactive ketones (excluding diaryl/α,β-unsaturated/α-hetero) is 1. The zero-order valence-electron chi connectivity index (χ0n) is 12.6. The summed E-state index contributed by atoms with van der Waals surface area (Å²) < 4.78 is 0. The Kier molecular flexibility index (Phi) is 4.23. The largest absolute Gasteiger partial charge is 0.292 e. The maximum absolute atomic E-state index is 12.5. The monoisotopic (exact) mass is 277 g/mol. The first kappa shape index (κ1) is 15.0. The Morgan fingerprint density at radius 3 is 2.05 bits per heavy atom. The number of benzene rings is 2. The lowest BCUT2D eigenvalue weighted by molar-refractivity contribution is 0.0979. The first-order valence-corrected chi connectivity index (χ1v) is 7.03. The predicted molar refractivity (Wildman–Crippen MR) is 84.3 cm³/mol. The van der Waals surface area contributed by atoms with Gasteiger partial charge in [-0.3, -0.25) is 4.79 Å². The van der Waals surface area contributed by atoms with Crippen LogP contribution in [-0.2, 0) is 5.41 Å². The Hall–Kier alpha value is -2.40. The lowest BCUT2D eigenvalue weighted by atomic mass is 9.85. The summed E-state index contributed by atoms with van der Waals surface area (Å²) >= 11 is 0. The topological polar surface area (TPSA) is 40.9 Å². The molecule has 2 aromatic carbocycles. The van der Waals surface area contributed by atoms with E-state index >= 15 is 0 Å². The van der Waals surface area contributed by atoms with Crippen LogP contribution in [0.5, 0.6) is 0 Å². The van der Waals surface area contributed by atoms with Gasteiger partial charge in [0.05, 0.1) is 6.07 Å². The molecule has 21 heavy (non-hydrogen) atoms. The lowest BCUT2D eigenvalue weighted by Crippen LogP contribution is -2.13. The van der Waals surface area contributed by atoms with Gasteiger partial charge >= 0.3 is 0 Å². The quantitative estimate of drug-likeness (QED) is 0.776. The lowest BCUT2D eigenvalue weighted by Gasteiger charge is -2.19. The van der Waals surface area contributed by atoms with E-state index in [0.717, 1.165) is 5.56 Å². The fraction of sp³-hybridized carbons (Fsp3) is 0.263. The summed E-state index contributed by atoms with van der Waals surface area (Å²) in [7, 11) is 0. The second-order valence-corrected chi connectivity index (χ2v) is 6.16. The van der Waals surface area contributed by atoms with Crippen molar-refractivity contribution in [3.8, 4) is 6.07 Å². The van der Waals surface area contributed by atoms with Crippen molar-refractivity contribution < 1.29 is 4.79 Å². The molecule has 0 heterocycles. The summed E-state index contributed by atoms with van der Waals surface area (Å²) in [6.45, 7) is 6.39. The summed E-state index contributed by atoms with van der Waals surface area (Å²) in [6.07, 6.45) is 0. The van der Waals surface area contributed by atoms with E-state index in [0.29, 0.717) is 5.56 Å². The van der Waals surface area contributed by atoms with Crippen molar-refractivity contribution in [2.45, 2.75) is 32.1 Å². The highest BCUT2D eigenvalue weighted by Crippen LogP contribution is 2.25. The van der Waals surface area contributed by atoms with Crippen molar-refractivity contribution in [3.05, 3.63) is 71.3 Å². The van der Waals surface area contributed by atoms with Crippen LogP contribution in [0.15, 0.2) is 54.6 Å². The average molecular weight is 277 g/mol. The molecule has 2 aromatic rings. The Balaban J connectivity index is 2.29. The molecular formula is C19H19NO. The van der Waals surface area contributed by atoms with Gasteiger partial charge < -0.3 is 0 Å². The van der Waals surface area contributed by atoms with Crippen LogP contribution >= 0.6 is 0 Å². The molecule has 0 N–H and O–H groups in total. The maximum Gasteiger partial charge on any atom is 0.184 e. The van der Waals surface area contributed by atoms with Crippen LogP contribution in [0.1, 0.15) is 48.2 Å². The number of rotatable bonds is 3. The van der Waals surface area contributed by atoms with Crippen LogP contribution in [0.3, 0.4) is 0 Å². The van der Waals surface area contributed by atoms with Crippen molar-refractivity contribution >= 4 is 5.78 Å². The fourth-order valence-electron chi connectivity index (χ4n) is 2.23. The molecule has 2 rings (SSSR count). The zero-order chi connectivity index (χ0) is 15.5. The van der Waals surface area contributed by atoms with Gasteiger partial charge in [-0.15, -0.1) is 0 Å². The third kappa shape index (κ3) is 3.38. The molecule has 2 heteroatoms. The molecule has 1 unspecified atom stereocenters. The third-order valence-corrected chi connectivity index (χ3v) is 3.56. The average Bonchev–Trinajstić information content (AvgIpc) is 2.48. The number of ketones is 1. The Bertz CT molecular complexity index is 657. The summed E-state index contributed by atoms with van der Waals surface area (Å²) in [4.78, 5) is 12.5. The number of hydrogen-bond donors (Lipinski definition) is 0. The van der Waals surface area contributed by atoms with E-state index in [-0.39, 0.29) is 11.2 Å². The molecule has 0 fully saturated rings. The molecule has 2 nitrogen and oxygen atoms in total. The van der Waals surface area contributed by atoms with E-state index in [2.05, 4.69) is 26.8 Å². The minimum Gasteiger partial charge on any atom is -0.292 e. The molecule has 0 aliphatic rings. The van der Waals surface area contributed by atoms with Crippen molar-refractivity contribution in [2.24, 2.45) is 0 Å². The number of hydrogen-bond acceptors (Lipinski definition) is 2. The molecular weight excluding hydrogens is 258 g/mol. The molecule has 0 bridgehead atoms. The van der Waals surface area contributed by atoms with E-state index < -0.39 is 5.92 Å². The van der Waals surface area contributed by atoms with E-state index in [1.165, 1.54) is 5.56 Å². The first-order chi connectivity index (χ1) is 9.93. The van der Waals surface area contributed by atoms with Gasteiger partial charge in [-0.05, 0) is 16.5 Å². The van der Waals surface area contributed by atoms with Crippen LogP contribution in [0.2, 0.25) is 0 Å². The van der Waals surface area contributed by atoms with Crippen molar-refractivity contribution in [3.63, 3.8) is 0 Å². The minimum absolute atomic E-state index is 0.0512. The number of carbonyl (C=O) groups is 1. The standard InChI is InChI=1S/C19H19NO/c1-19(2,3)16-11-9-15(10-12-16)18(21)17(13-20)14-7-5-4-6-8-14/h4-12,17H,1-3H3. The molecule has 1 atom stereocenters. The number of nitrogens with zero attached hydrogens (tertiary/aromatic N) is 1. The van der Waals surface area contributed by atoms with Crippen molar-refractivity contribution in [1.29, 1.82) is 5.26 Å². The molecule has 0 saturated carbocycles. The van der Waals surface area contributed by atoms with Crippen molar-refractivity contribution in [2.75, 3.05) is 0 Å². The molecule has 0 aliphatic heterocycles. The van der Waals surface area contributed by atoms with Gasteiger partial charge in [0.15, 0.2) is 5.78 Å². The highest BCUT2D eigenvalue weighted by atomic mass is 16.1. The van der Waals surface area contributed by atoms with E-state index in [1.54, 1.807) is 0 Å². The fourth-order valence-corrected chi connectivity index (χ4v) is 2.23. The Labute approximate surface area is 126 Å². The highest BCUT2D eigenvalue weighted by molar-refractivity contribution is 6.02. The first-order valence-electron chi connectivity index (χ1n) is 7.03. The maximum atomic E-state index is 12.5. The molecule has 0 aliphatic carbocycles. The van der Waals surface area contributed by atoms with Gasteiger partial charge in [0, 0.05) is 5.56 Å². The molecule has 0 saturated heterocycles. The molecule has 106 valence electrons. The molecule has 0 amide bonds. The smallest absolute Gasteiger partial charge is 0.184 e. The molecule has 0 radical (unpaired) electrons. The van der Waals surface area contributed by atoms with Crippen molar-refractivity contribution in [1.82, 2.24) is 0 Å². The van der Waals surface area contributed by atoms with Gasteiger partial charge in [0.1, 0.15) is 5.92 Å². The van der Waals surface area contributed by atoms with Crippen LogP contribution in [-0.4, -0.2) is 5.78 Å². The summed E-state index contributed by atoms with van der Waals surface area (Å²) in [6, 6.07) is 18.9. The summed E-state index contributed by atoms with van der Waals surface area (Å²) in [5, 5.41) is 9.32. The van der Waals surface area contributed by atoms with E-state index in [1.807, 2.05) is 54.6 Å². The van der Waals surface area contributed by atoms with E-state index in [9.17, 15) is 10.1 Å². The third-order valence-electron chi connectivity index (χ3n) is 3.56. The second-order valence-electron chi connectivity index (χ2n) is 6.16. The van der Waals surface area contributed by atoms with Crippen LogP contribution in [0, 0.1) is 11.3 Å². The van der Waals surface area contributed by atoms with Gasteiger partial charge in [-0.2, -0.15) is 5.26 Å². The van der Waals surface area contributed by atoms with Crippen LogP contribution < -0.4 is 0 Å². The van der Waals surface area contributed by atoms with Gasteiger partial charge in [-0.1, -0.05) is 75.4 Å². The number of nitriles is 1. The number of carbonyl (C=O) groups excluding carboxylic acids is 1. The normalized spacial score (nSPS) is 12.5. The SMILES string of the molecule is CC(C)(C)c1ccc(C(=O)C(C#N)c2ccccc2)cc1. The molecule has 0 spiro atoms. The van der Waals surface area contributed by atoms with Crippen LogP contribution in [0.25, 0.3) is 0 Å². The predicted octanol–water partition coefficient (Wildman–Crippen LogP) is 4.47. The highest BCUT2D eigenvalue weighted by Gasteiger charge is 2.22. The summed E-state index contributed by atoms with van der Waals surface area (Å²) in [5.41, 5.74) is 2.55. The summed E-state index contributed by atoms with van der Waals surface area (Å²) in [5.74, 6) is -0.893. The van der Waals surface area contributed by atoms with Gasteiger partial charge in [0.25, 0.3) is 0 Å².